The molecule has 0 radical (unpaired) electrons. The molecule has 0 fully saturated rings. The molecule has 0 aliphatic carbocycles. The molecule has 0 heterocycles. The minimum atomic E-state index is -0.295. The summed E-state index contributed by atoms with van der Waals surface area (Å²) in [6.07, 6.45) is 0.114. The fraction of sp³-hybridized carbons (Fsp3) is 0.167. The standard InChI is InChI=1S/C18H19N3O2/c1-13-7-6-8-15(11-13)18(23)21-20-14(2)12-17(22)19-16-9-4-3-5-10-16/h3-11H,12H2,1-2H3,(H,19,22)(H,21,23). The van der Waals surface area contributed by atoms with Gasteiger partial charge in [-0.25, -0.2) is 5.43 Å². The fourth-order valence-electron chi connectivity index (χ4n) is 2.00. The summed E-state index contributed by atoms with van der Waals surface area (Å²) in [5.41, 5.74) is 5.26. The van der Waals surface area contributed by atoms with E-state index in [4.69, 9.17) is 0 Å². The Morgan fingerprint density at radius 1 is 1.04 bits per heavy atom. The lowest BCUT2D eigenvalue weighted by Crippen LogP contribution is -2.21. The number of para-hydroxylation sites is 1. The molecule has 0 unspecified atom stereocenters. The summed E-state index contributed by atoms with van der Waals surface area (Å²) in [5, 5.41) is 6.74. The summed E-state index contributed by atoms with van der Waals surface area (Å²) < 4.78 is 0. The second kappa shape index (κ2) is 7.89. The second-order valence-corrected chi connectivity index (χ2v) is 5.25. The van der Waals surface area contributed by atoms with Gasteiger partial charge in [-0.05, 0) is 38.1 Å². The summed E-state index contributed by atoms with van der Waals surface area (Å²) in [6, 6.07) is 16.4. The number of nitrogens with zero attached hydrogens (tertiary/aromatic N) is 1. The molecule has 0 saturated heterocycles. The van der Waals surface area contributed by atoms with E-state index in [1.807, 2.05) is 49.4 Å². The van der Waals surface area contributed by atoms with Gasteiger partial charge in [0.05, 0.1) is 6.42 Å². The van der Waals surface area contributed by atoms with Crippen LogP contribution in [-0.4, -0.2) is 17.5 Å². The Bertz CT molecular complexity index is 724. The number of carbonyl (C=O) groups excluding carboxylic acids is 2. The Morgan fingerprint density at radius 3 is 2.48 bits per heavy atom. The van der Waals surface area contributed by atoms with Crippen molar-refractivity contribution < 1.29 is 9.59 Å². The van der Waals surface area contributed by atoms with E-state index in [2.05, 4.69) is 15.8 Å². The van der Waals surface area contributed by atoms with Gasteiger partial charge in [-0.15, -0.1) is 0 Å². The summed E-state index contributed by atoms with van der Waals surface area (Å²) in [4.78, 5) is 23.8. The number of nitrogens with one attached hydrogen (secondary N) is 2. The van der Waals surface area contributed by atoms with Crippen LogP contribution in [0.1, 0.15) is 29.3 Å². The van der Waals surface area contributed by atoms with Gasteiger partial charge in [0.15, 0.2) is 0 Å². The van der Waals surface area contributed by atoms with Gasteiger partial charge in [0, 0.05) is 17.0 Å². The topological polar surface area (TPSA) is 70.6 Å². The van der Waals surface area contributed by atoms with Crippen molar-refractivity contribution in [2.45, 2.75) is 20.3 Å². The lowest BCUT2D eigenvalue weighted by atomic mass is 10.1. The molecule has 2 rings (SSSR count). The number of rotatable bonds is 5. The maximum Gasteiger partial charge on any atom is 0.271 e. The zero-order chi connectivity index (χ0) is 16.7. The van der Waals surface area contributed by atoms with Crippen molar-refractivity contribution in [1.82, 2.24) is 5.43 Å². The average molecular weight is 309 g/mol. The molecule has 0 aliphatic heterocycles. The molecule has 0 spiro atoms. The zero-order valence-corrected chi connectivity index (χ0v) is 13.2. The quantitative estimate of drug-likeness (QED) is 0.658. The number of amides is 2. The largest absolute Gasteiger partial charge is 0.326 e. The lowest BCUT2D eigenvalue weighted by molar-refractivity contribution is -0.115. The molecule has 0 aromatic heterocycles. The van der Waals surface area contributed by atoms with Crippen LogP contribution in [0.5, 0.6) is 0 Å². The summed E-state index contributed by atoms with van der Waals surface area (Å²) in [7, 11) is 0. The molecule has 0 saturated carbocycles. The third kappa shape index (κ3) is 5.39. The molecule has 5 nitrogen and oxygen atoms in total. The van der Waals surface area contributed by atoms with Crippen LogP contribution in [0.15, 0.2) is 59.7 Å². The second-order valence-electron chi connectivity index (χ2n) is 5.25. The number of hydrogen-bond acceptors (Lipinski definition) is 3. The van der Waals surface area contributed by atoms with Crippen LogP contribution in [0.3, 0.4) is 0 Å². The summed E-state index contributed by atoms with van der Waals surface area (Å²) in [6.45, 7) is 3.61. The van der Waals surface area contributed by atoms with Crippen LogP contribution in [0.25, 0.3) is 0 Å². The first-order valence-electron chi connectivity index (χ1n) is 7.29. The highest BCUT2D eigenvalue weighted by atomic mass is 16.2. The Balaban J connectivity index is 1.87. The van der Waals surface area contributed by atoms with E-state index in [1.165, 1.54) is 0 Å². The monoisotopic (exact) mass is 309 g/mol. The van der Waals surface area contributed by atoms with Gasteiger partial charge in [-0.3, -0.25) is 9.59 Å². The van der Waals surface area contributed by atoms with Crippen molar-refractivity contribution in [2.24, 2.45) is 5.10 Å². The van der Waals surface area contributed by atoms with Crippen LogP contribution in [0, 0.1) is 6.92 Å². The van der Waals surface area contributed by atoms with Crippen molar-refractivity contribution in [2.75, 3.05) is 5.32 Å². The van der Waals surface area contributed by atoms with E-state index in [-0.39, 0.29) is 18.2 Å². The summed E-state index contributed by atoms with van der Waals surface area (Å²) in [5.74, 6) is -0.473. The number of carbonyl (C=O) groups is 2. The molecular formula is C18H19N3O2. The van der Waals surface area contributed by atoms with Gasteiger partial charge in [-0.2, -0.15) is 5.10 Å². The maximum absolute atomic E-state index is 12.0. The number of aryl methyl sites for hydroxylation is 1. The molecule has 2 aromatic rings. The SMILES string of the molecule is CC(CC(=O)Nc1ccccc1)=NNC(=O)c1cccc(C)c1. The van der Waals surface area contributed by atoms with E-state index in [0.717, 1.165) is 11.3 Å². The Kier molecular flexibility index (Phi) is 5.63. The molecule has 0 bridgehead atoms. The van der Waals surface area contributed by atoms with Crippen molar-refractivity contribution >= 4 is 23.2 Å². The van der Waals surface area contributed by atoms with Gasteiger partial charge in [-0.1, -0.05) is 35.9 Å². The maximum atomic E-state index is 12.0. The molecular weight excluding hydrogens is 290 g/mol. The highest BCUT2D eigenvalue weighted by Crippen LogP contribution is 2.06. The van der Waals surface area contributed by atoms with E-state index in [1.54, 1.807) is 19.1 Å². The third-order valence-electron chi connectivity index (χ3n) is 3.10. The average Bonchev–Trinajstić information content (AvgIpc) is 2.53. The summed E-state index contributed by atoms with van der Waals surface area (Å²) >= 11 is 0. The molecule has 0 atom stereocenters. The predicted octanol–water partition coefficient (Wildman–Crippen LogP) is 3.13. The molecule has 2 N–H and O–H groups in total. The highest BCUT2D eigenvalue weighted by molar-refractivity contribution is 6.06. The smallest absolute Gasteiger partial charge is 0.271 e. The van der Waals surface area contributed by atoms with Crippen LogP contribution in [-0.2, 0) is 4.79 Å². The molecule has 2 aromatic carbocycles. The van der Waals surface area contributed by atoms with Gasteiger partial charge in [0.1, 0.15) is 0 Å². The number of anilines is 1. The van der Waals surface area contributed by atoms with Crippen molar-refractivity contribution in [3.05, 3.63) is 65.7 Å². The number of benzene rings is 2. The van der Waals surface area contributed by atoms with Crippen LogP contribution >= 0.6 is 0 Å². The highest BCUT2D eigenvalue weighted by Gasteiger charge is 2.07. The lowest BCUT2D eigenvalue weighted by Gasteiger charge is -2.05. The molecule has 2 amide bonds. The first kappa shape index (κ1) is 16.4. The van der Waals surface area contributed by atoms with Gasteiger partial charge < -0.3 is 5.32 Å². The van der Waals surface area contributed by atoms with Gasteiger partial charge in [0.2, 0.25) is 5.91 Å². The minimum Gasteiger partial charge on any atom is -0.326 e. The Morgan fingerprint density at radius 2 is 1.78 bits per heavy atom. The van der Waals surface area contributed by atoms with Gasteiger partial charge >= 0.3 is 0 Å². The number of hydrogen-bond donors (Lipinski definition) is 2. The number of hydrazone groups is 1. The Hall–Kier alpha value is -2.95. The molecule has 0 aliphatic rings. The van der Waals surface area contributed by atoms with E-state index in [9.17, 15) is 9.59 Å². The molecule has 23 heavy (non-hydrogen) atoms. The zero-order valence-electron chi connectivity index (χ0n) is 13.2. The van der Waals surface area contributed by atoms with Crippen molar-refractivity contribution in [3.63, 3.8) is 0 Å². The Labute approximate surface area is 135 Å². The van der Waals surface area contributed by atoms with Crippen molar-refractivity contribution in [1.29, 1.82) is 0 Å². The van der Waals surface area contributed by atoms with E-state index in [0.29, 0.717) is 11.3 Å². The normalized spacial score (nSPS) is 11.0. The van der Waals surface area contributed by atoms with Gasteiger partial charge in [0.25, 0.3) is 5.91 Å². The van der Waals surface area contributed by atoms with Crippen LogP contribution in [0.2, 0.25) is 0 Å². The van der Waals surface area contributed by atoms with Crippen LogP contribution in [0.4, 0.5) is 5.69 Å². The van der Waals surface area contributed by atoms with E-state index >= 15 is 0 Å². The third-order valence-corrected chi connectivity index (χ3v) is 3.10. The van der Waals surface area contributed by atoms with E-state index < -0.39 is 0 Å². The predicted molar refractivity (Wildman–Crippen MR) is 91.4 cm³/mol. The fourth-order valence-corrected chi connectivity index (χ4v) is 2.00. The molecule has 118 valence electrons. The first-order valence-corrected chi connectivity index (χ1v) is 7.29. The van der Waals surface area contributed by atoms with Crippen LogP contribution < -0.4 is 10.7 Å². The first-order chi connectivity index (χ1) is 11.0. The van der Waals surface area contributed by atoms with Crippen molar-refractivity contribution in [3.8, 4) is 0 Å². The molecule has 5 heteroatoms. The minimum absolute atomic E-state index is 0.114.